The maximum Gasteiger partial charge on any atom is 0.295 e. The van der Waals surface area contributed by atoms with Gasteiger partial charge in [0.2, 0.25) is 0 Å². The molecular formula is C29H38N2O6. The van der Waals surface area contributed by atoms with Gasteiger partial charge in [0.1, 0.15) is 11.5 Å². The van der Waals surface area contributed by atoms with Crippen LogP contribution in [0.5, 0.6) is 17.2 Å². The molecule has 1 atom stereocenters. The number of likely N-dealkylation sites (tertiary alicyclic amines) is 1. The van der Waals surface area contributed by atoms with Crippen molar-refractivity contribution >= 4 is 17.4 Å². The summed E-state index contributed by atoms with van der Waals surface area (Å²) < 4.78 is 11.4. The van der Waals surface area contributed by atoms with E-state index >= 15 is 0 Å². The molecule has 0 aliphatic carbocycles. The molecule has 1 amide bonds. The maximum absolute atomic E-state index is 13.3. The number of hydrogen-bond acceptors (Lipinski definition) is 7. The molecule has 200 valence electrons. The number of amides is 1. The Morgan fingerprint density at radius 2 is 1.78 bits per heavy atom. The number of unbranched alkanes of at least 4 members (excludes halogenated alkanes) is 1. The number of phenols is 1. The van der Waals surface area contributed by atoms with Gasteiger partial charge in [-0.05, 0) is 88.8 Å². The molecule has 1 heterocycles. The maximum atomic E-state index is 13.3. The Kier molecular flexibility index (Phi) is 9.58. The number of aryl methyl sites for hydroxylation is 1. The van der Waals surface area contributed by atoms with Crippen LogP contribution in [0.15, 0.2) is 42.0 Å². The summed E-state index contributed by atoms with van der Waals surface area (Å²) in [4.78, 5) is 30.0. The van der Waals surface area contributed by atoms with Gasteiger partial charge in [-0.15, -0.1) is 0 Å². The highest BCUT2D eigenvalue weighted by Gasteiger charge is 2.46. The van der Waals surface area contributed by atoms with E-state index in [9.17, 15) is 19.8 Å². The third kappa shape index (κ3) is 6.43. The van der Waals surface area contributed by atoms with Gasteiger partial charge in [-0.1, -0.05) is 19.4 Å². The molecule has 0 bridgehead atoms. The molecule has 37 heavy (non-hydrogen) atoms. The second-order valence-corrected chi connectivity index (χ2v) is 9.49. The Bertz CT molecular complexity index is 1160. The zero-order valence-electron chi connectivity index (χ0n) is 22.4. The average Bonchev–Trinajstić information content (AvgIpc) is 3.11. The number of ketones is 1. The molecule has 3 rings (SSSR count). The fraction of sp³-hybridized carbons (Fsp3) is 0.448. The van der Waals surface area contributed by atoms with Crippen LogP contribution in [0.2, 0.25) is 0 Å². The minimum absolute atomic E-state index is 0.0158. The number of ether oxygens (including phenoxy) is 2. The summed E-state index contributed by atoms with van der Waals surface area (Å²) in [6, 6.07) is 9.16. The van der Waals surface area contributed by atoms with Crippen molar-refractivity contribution in [1.29, 1.82) is 0 Å². The first-order chi connectivity index (χ1) is 17.7. The van der Waals surface area contributed by atoms with E-state index in [1.807, 2.05) is 25.9 Å². The number of nitrogens with zero attached hydrogens (tertiary/aromatic N) is 2. The van der Waals surface area contributed by atoms with Gasteiger partial charge in [0.25, 0.3) is 11.7 Å². The van der Waals surface area contributed by atoms with E-state index in [2.05, 4.69) is 6.92 Å². The topological polar surface area (TPSA) is 99.5 Å². The molecule has 0 radical (unpaired) electrons. The van der Waals surface area contributed by atoms with Gasteiger partial charge >= 0.3 is 0 Å². The quantitative estimate of drug-likeness (QED) is 0.186. The first-order valence-corrected chi connectivity index (χ1v) is 12.8. The van der Waals surface area contributed by atoms with E-state index in [-0.39, 0.29) is 22.8 Å². The monoisotopic (exact) mass is 510 g/mol. The molecule has 2 N–H and O–H groups in total. The Labute approximate surface area is 219 Å². The molecule has 8 nitrogen and oxygen atoms in total. The van der Waals surface area contributed by atoms with E-state index in [4.69, 9.17) is 9.47 Å². The molecule has 0 unspecified atom stereocenters. The van der Waals surface area contributed by atoms with E-state index in [1.165, 1.54) is 11.0 Å². The smallest absolute Gasteiger partial charge is 0.295 e. The number of hydrogen-bond donors (Lipinski definition) is 2. The Morgan fingerprint density at radius 1 is 1.03 bits per heavy atom. The van der Waals surface area contributed by atoms with Crippen molar-refractivity contribution in [1.82, 2.24) is 9.80 Å². The van der Waals surface area contributed by atoms with Gasteiger partial charge in [0.15, 0.2) is 11.5 Å². The number of aromatic hydroxyl groups is 1. The molecule has 8 heteroatoms. The zero-order valence-corrected chi connectivity index (χ0v) is 22.4. The fourth-order valence-electron chi connectivity index (χ4n) is 4.43. The van der Waals surface area contributed by atoms with Crippen LogP contribution in [0.3, 0.4) is 0 Å². The van der Waals surface area contributed by atoms with Crippen LogP contribution in [-0.4, -0.2) is 72.1 Å². The normalized spacial score (nSPS) is 17.0. The predicted octanol–water partition coefficient (Wildman–Crippen LogP) is 4.65. The van der Waals surface area contributed by atoms with Crippen LogP contribution in [0.25, 0.3) is 5.76 Å². The minimum atomic E-state index is -0.817. The zero-order chi connectivity index (χ0) is 27.1. The lowest BCUT2D eigenvalue weighted by atomic mass is 9.94. The Balaban J connectivity index is 2.08. The molecule has 2 aromatic rings. The second-order valence-electron chi connectivity index (χ2n) is 9.49. The summed E-state index contributed by atoms with van der Waals surface area (Å²) in [5, 5.41) is 21.6. The van der Waals surface area contributed by atoms with E-state index in [0.29, 0.717) is 43.1 Å². The lowest BCUT2D eigenvalue weighted by Gasteiger charge is -2.26. The van der Waals surface area contributed by atoms with Crippen molar-refractivity contribution in [3.05, 3.63) is 58.7 Å². The van der Waals surface area contributed by atoms with Crippen molar-refractivity contribution in [2.75, 3.05) is 40.4 Å². The largest absolute Gasteiger partial charge is 0.507 e. The van der Waals surface area contributed by atoms with Crippen molar-refractivity contribution < 1.29 is 29.3 Å². The lowest BCUT2D eigenvalue weighted by Crippen LogP contribution is -2.32. The summed E-state index contributed by atoms with van der Waals surface area (Å²) in [6.07, 6.45) is 2.61. The fourth-order valence-corrected chi connectivity index (χ4v) is 4.43. The van der Waals surface area contributed by atoms with Gasteiger partial charge in [-0.3, -0.25) is 9.59 Å². The van der Waals surface area contributed by atoms with Crippen molar-refractivity contribution in [2.45, 2.75) is 46.1 Å². The number of phenolic OH excluding ortho intramolecular Hbond substituents is 1. The van der Waals surface area contributed by atoms with Crippen molar-refractivity contribution in [3.8, 4) is 17.2 Å². The van der Waals surface area contributed by atoms with Gasteiger partial charge in [-0.2, -0.15) is 0 Å². The molecule has 0 aromatic heterocycles. The van der Waals surface area contributed by atoms with E-state index in [1.54, 1.807) is 37.3 Å². The molecule has 1 aliphatic heterocycles. The molecule has 2 aromatic carbocycles. The SMILES string of the molecule is CCCCOc1ccc(/C(O)=C2\C(=O)C(=O)N(CCCN(C)C)[C@@H]2c2ccc(O)c(OCC)c2)cc1C. The summed E-state index contributed by atoms with van der Waals surface area (Å²) in [7, 11) is 3.88. The van der Waals surface area contributed by atoms with Crippen LogP contribution in [-0.2, 0) is 9.59 Å². The third-order valence-corrected chi connectivity index (χ3v) is 6.35. The highest BCUT2D eigenvalue weighted by Crippen LogP contribution is 2.42. The molecule has 1 aliphatic rings. The summed E-state index contributed by atoms with van der Waals surface area (Å²) in [5.41, 5.74) is 1.84. The lowest BCUT2D eigenvalue weighted by molar-refractivity contribution is -0.139. The van der Waals surface area contributed by atoms with Crippen LogP contribution >= 0.6 is 0 Å². The van der Waals surface area contributed by atoms with Crippen LogP contribution in [0, 0.1) is 6.92 Å². The summed E-state index contributed by atoms with van der Waals surface area (Å²) in [6.45, 7) is 7.78. The molecule has 1 fully saturated rings. The standard InChI is InChI=1S/C29H38N2O6/c1-6-8-16-37-23-13-11-21(17-19(23)3)27(33)25-26(20-10-12-22(32)24(18-20)36-7-2)31(29(35)28(25)34)15-9-14-30(4)5/h10-13,17-18,26,32-33H,6-9,14-16H2,1-5H3/b27-25+/t26-/m1/s1. The molecular weight excluding hydrogens is 472 g/mol. The molecule has 1 saturated heterocycles. The summed E-state index contributed by atoms with van der Waals surface area (Å²) in [5.74, 6) is -0.710. The number of Topliss-reactive ketones (excluding diaryl/α,β-unsaturated/α-hetero) is 1. The Morgan fingerprint density at radius 3 is 2.43 bits per heavy atom. The second kappa shape index (κ2) is 12.6. The van der Waals surface area contributed by atoms with Crippen molar-refractivity contribution in [3.63, 3.8) is 0 Å². The van der Waals surface area contributed by atoms with Crippen LogP contribution in [0.1, 0.15) is 55.8 Å². The highest BCUT2D eigenvalue weighted by atomic mass is 16.5. The first kappa shape index (κ1) is 28.1. The average molecular weight is 511 g/mol. The molecule has 0 spiro atoms. The van der Waals surface area contributed by atoms with Gasteiger partial charge in [0, 0.05) is 12.1 Å². The van der Waals surface area contributed by atoms with Gasteiger partial charge in [-0.25, -0.2) is 0 Å². The Hall–Kier alpha value is -3.52. The first-order valence-electron chi connectivity index (χ1n) is 12.8. The number of aliphatic hydroxyl groups excluding tert-OH is 1. The number of aliphatic hydroxyl groups is 1. The third-order valence-electron chi connectivity index (χ3n) is 6.35. The van der Waals surface area contributed by atoms with Gasteiger partial charge in [0.05, 0.1) is 24.8 Å². The number of carbonyl (C=O) groups is 2. The van der Waals surface area contributed by atoms with Crippen LogP contribution in [0.4, 0.5) is 0 Å². The van der Waals surface area contributed by atoms with Crippen molar-refractivity contribution in [2.24, 2.45) is 0 Å². The van der Waals surface area contributed by atoms with E-state index < -0.39 is 17.7 Å². The van der Waals surface area contributed by atoms with Crippen LogP contribution < -0.4 is 9.47 Å². The highest BCUT2D eigenvalue weighted by molar-refractivity contribution is 6.46. The number of carbonyl (C=O) groups excluding carboxylic acids is 2. The van der Waals surface area contributed by atoms with Gasteiger partial charge < -0.3 is 29.5 Å². The minimum Gasteiger partial charge on any atom is -0.507 e. The number of rotatable bonds is 12. The summed E-state index contributed by atoms with van der Waals surface area (Å²) >= 11 is 0. The van der Waals surface area contributed by atoms with E-state index in [0.717, 1.165) is 24.9 Å². The number of benzene rings is 2. The molecule has 0 saturated carbocycles. The predicted molar refractivity (Wildman–Crippen MR) is 143 cm³/mol.